The van der Waals surface area contributed by atoms with Gasteiger partial charge >= 0.3 is 0 Å². The second-order valence-corrected chi connectivity index (χ2v) is 5.81. The van der Waals surface area contributed by atoms with Crippen LogP contribution in [0.2, 0.25) is 0 Å². The minimum absolute atomic E-state index is 0.157. The summed E-state index contributed by atoms with van der Waals surface area (Å²) in [5.74, 6) is 0.836. The van der Waals surface area contributed by atoms with Crippen LogP contribution in [0.5, 0.6) is 0 Å². The van der Waals surface area contributed by atoms with E-state index in [9.17, 15) is 4.79 Å². The molecule has 0 aliphatic carbocycles. The van der Waals surface area contributed by atoms with Gasteiger partial charge in [0.2, 0.25) is 5.91 Å². The maximum absolute atomic E-state index is 12.7. The summed E-state index contributed by atoms with van der Waals surface area (Å²) in [5, 5.41) is 3.38. The Kier molecular flexibility index (Phi) is 4.99. The lowest BCUT2D eigenvalue weighted by atomic mass is 9.76. The first-order valence-corrected chi connectivity index (χ1v) is 6.92. The standard InChI is InChI=1S/C14H28N2O/c1-6-14(8-7-9-15-10-14)13(17)16(5)12(4)11(2)3/h11-12,15H,6-10H2,1-5H3. The van der Waals surface area contributed by atoms with E-state index < -0.39 is 0 Å². The summed E-state index contributed by atoms with van der Waals surface area (Å²) in [4.78, 5) is 14.6. The first-order chi connectivity index (χ1) is 7.94. The maximum Gasteiger partial charge on any atom is 0.230 e. The third kappa shape index (κ3) is 3.01. The molecule has 1 aliphatic heterocycles. The van der Waals surface area contributed by atoms with Crippen molar-refractivity contribution in [2.75, 3.05) is 20.1 Å². The van der Waals surface area contributed by atoms with Crippen LogP contribution in [0.3, 0.4) is 0 Å². The molecule has 2 unspecified atom stereocenters. The molecule has 1 saturated heterocycles. The lowest BCUT2D eigenvalue weighted by Crippen LogP contribution is -2.53. The van der Waals surface area contributed by atoms with Gasteiger partial charge in [-0.05, 0) is 38.6 Å². The normalized spacial score (nSPS) is 26.9. The fourth-order valence-electron chi connectivity index (χ4n) is 2.61. The van der Waals surface area contributed by atoms with E-state index in [1.54, 1.807) is 0 Å². The van der Waals surface area contributed by atoms with Gasteiger partial charge in [0.25, 0.3) is 0 Å². The summed E-state index contributed by atoms with van der Waals surface area (Å²) < 4.78 is 0. The van der Waals surface area contributed by atoms with Crippen molar-refractivity contribution in [3.63, 3.8) is 0 Å². The second-order valence-electron chi connectivity index (χ2n) is 5.81. The van der Waals surface area contributed by atoms with E-state index in [2.05, 4.69) is 33.0 Å². The summed E-state index contributed by atoms with van der Waals surface area (Å²) in [6.07, 6.45) is 3.09. The van der Waals surface area contributed by atoms with Gasteiger partial charge in [-0.3, -0.25) is 4.79 Å². The van der Waals surface area contributed by atoms with E-state index in [-0.39, 0.29) is 5.41 Å². The van der Waals surface area contributed by atoms with E-state index in [4.69, 9.17) is 0 Å². The number of carbonyl (C=O) groups excluding carboxylic acids is 1. The van der Waals surface area contributed by atoms with Gasteiger partial charge in [0.05, 0.1) is 5.41 Å². The Balaban J connectivity index is 2.78. The van der Waals surface area contributed by atoms with E-state index in [1.165, 1.54) is 0 Å². The first kappa shape index (κ1) is 14.5. The van der Waals surface area contributed by atoms with Crippen LogP contribution in [-0.4, -0.2) is 37.0 Å². The number of rotatable bonds is 4. The molecule has 0 saturated carbocycles. The highest BCUT2D eigenvalue weighted by Gasteiger charge is 2.40. The molecule has 0 aromatic heterocycles. The molecule has 100 valence electrons. The van der Waals surface area contributed by atoms with Crippen LogP contribution in [-0.2, 0) is 4.79 Å². The predicted octanol–water partition coefficient (Wildman–Crippen LogP) is 2.27. The number of nitrogens with zero attached hydrogens (tertiary/aromatic N) is 1. The minimum Gasteiger partial charge on any atom is -0.342 e. The Labute approximate surface area is 106 Å². The highest BCUT2D eigenvalue weighted by atomic mass is 16.2. The molecular formula is C14H28N2O. The van der Waals surface area contributed by atoms with Gasteiger partial charge < -0.3 is 10.2 Å². The Bertz CT molecular complexity index is 257. The summed E-state index contributed by atoms with van der Waals surface area (Å²) in [7, 11) is 1.96. The molecule has 3 nitrogen and oxygen atoms in total. The summed E-state index contributed by atoms with van der Waals surface area (Å²) in [6, 6.07) is 0.313. The van der Waals surface area contributed by atoms with Crippen molar-refractivity contribution >= 4 is 5.91 Å². The molecule has 0 aromatic rings. The number of piperidine rings is 1. The SMILES string of the molecule is CCC1(C(=O)N(C)C(C)C(C)C)CCCNC1. The third-order valence-electron chi connectivity index (χ3n) is 4.50. The molecule has 1 aliphatic rings. The minimum atomic E-state index is -0.157. The van der Waals surface area contributed by atoms with Crippen LogP contribution in [0.15, 0.2) is 0 Å². The molecule has 0 radical (unpaired) electrons. The highest BCUT2D eigenvalue weighted by molar-refractivity contribution is 5.83. The van der Waals surface area contributed by atoms with Gasteiger partial charge in [0, 0.05) is 19.6 Å². The Morgan fingerprint density at radius 1 is 1.41 bits per heavy atom. The molecular weight excluding hydrogens is 212 g/mol. The first-order valence-electron chi connectivity index (χ1n) is 6.92. The van der Waals surface area contributed by atoms with Crippen molar-refractivity contribution in [2.45, 2.75) is 53.0 Å². The number of carbonyl (C=O) groups is 1. The van der Waals surface area contributed by atoms with E-state index in [0.717, 1.165) is 32.4 Å². The van der Waals surface area contributed by atoms with E-state index in [0.29, 0.717) is 17.9 Å². The highest BCUT2D eigenvalue weighted by Crippen LogP contribution is 2.33. The summed E-state index contributed by atoms with van der Waals surface area (Å²) in [6.45, 7) is 10.5. The van der Waals surface area contributed by atoms with E-state index >= 15 is 0 Å². The van der Waals surface area contributed by atoms with Crippen LogP contribution in [0.25, 0.3) is 0 Å². The molecule has 1 heterocycles. The molecule has 0 aromatic carbocycles. The third-order valence-corrected chi connectivity index (χ3v) is 4.50. The van der Waals surface area contributed by atoms with Crippen LogP contribution < -0.4 is 5.32 Å². The fourth-order valence-corrected chi connectivity index (χ4v) is 2.61. The summed E-state index contributed by atoms with van der Waals surface area (Å²) in [5.41, 5.74) is -0.157. The number of hydrogen-bond acceptors (Lipinski definition) is 2. The number of nitrogens with one attached hydrogen (secondary N) is 1. The second kappa shape index (κ2) is 5.85. The zero-order valence-corrected chi connectivity index (χ0v) is 12.0. The Morgan fingerprint density at radius 2 is 2.06 bits per heavy atom. The largest absolute Gasteiger partial charge is 0.342 e. The van der Waals surface area contributed by atoms with Crippen LogP contribution in [0, 0.1) is 11.3 Å². The smallest absolute Gasteiger partial charge is 0.230 e. The van der Waals surface area contributed by atoms with Crippen LogP contribution in [0.1, 0.15) is 47.0 Å². The zero-order chi connectivity index (χ0) is 13.1. The lowest BCUT2D eigenvalue weighted by molar-refractivity contribution is -0.145. The maximum atomic E-state index is 12.7. The average Bonchev–Trinajstić information content (AvgIpc) is 2.36. The Morgan fingerprint density at radius 3 is 2.47 bits per heavy atom. The van der Waals surface area contributed by atoms with Gasteiger partial charge in [0.15, 0.2) is 0 Å². The molecule has 0 spiro atoms. The Hall–Kier alpha value is -0.570. The molecule has 0 bridgehead atoms. The molecule has 17 heavy (non-hydrogen) atoms. The van der Waals surface area contributed by atoms with Gasteiger partial charge in [-0.2, -0.15) is 0 Å². The van der Waals surface area contributed by atoms with Gasteiger partial charge in [-0.1, -0.05) is 20.8 Å². The van der Waals surface area contributed by atoms with Crippen molar-refractivity contribution < 1.29 is 4.79 Å². The van der Waals surface area contributed by atoms with Crippen molar-refractivity contribution in [1.82, 2.24) is 10.2 Å². The zero-order valence-electron chi connectivity index (χ0n) is 12.0. The number of hydrogen-bond donors (Lipinski definition) is 1. The van der Waals surface area contributed by atoms with E-state index in [1.807, 2.05) is 11.9 Å². The molecule has 1 fully saturated rings. The number of amides is 1. The molecule has 2 atom stereocenters. The predicted molar refractivity (Wildman–Crippen MR) is 71.9 cm³/mol. The molecule has 1 rings (SSSR count). The lowest BCUT2D eigenvalue weighted by Gasteiger charge is -2.41. The topological polar surface area (TPSA) is 32.3 Å². The quantitative estimate of drug-likeness (QED) is 0.817. The van der Waals surface area contributed by atoms with Crippen molar-refractivity contribution in [1.29, 1.82) is 0 Å². The van der Waals surface area contributed by atoms with Gasteiger partial charge in [0.1, 0.15) is 0 Å². The summed E-state index contributed by atoms with van der Waals surface area (Å²) >= 11 is 0. The average molecular weight is 240 g/mol. The molecule has 1 amide bonds. The fraction of sp³-hybridized carbons (Fsp3) is 0.929. The van der Waals surface area contributed by atoms with Crippen LogP contribution in [0.4, 0.5) is 0 Å². The van der Waals surface area contributed by atoms with Crippen molar-refractivity contribution in [3.8, 4) is 0 Å². The van der Waals surface area contributed by atoms with Gasteiger partial charge in [-0.25, -0.2) is 0 Å². The molecule has 1 N–H and O–H groups in total. The van der Waals surface area contributed by atoms with Crippen molar-refractivity contribution in [2.24, 2.45) is 11.3 Å². The van der Waals surface area contributed by atoms with Crippen LogP contribution >= 0.6 is 0 Å². The van der Waals surface area contributed by atoms with Gasteiger partial charge in [-0.15, -0.1) is 0 Å². The van der Waals surface area contributed by atoms with Crippen molar-refractivity contribution in [3.05, 3.63) is 0 Å². The molecule has 3 heteroatoms. The monoisotopic (exact) mass is 240 g/mol.